The molecule has 96 valence electrons. The number of H-pyrrole nitrogens is 2. The predicted octanol–water partition coefficient (Wildman–Crippen LogP) is 1.26. The lowest BCUT2D eigenvalue weighted by molar-refractivity contribution is 0.0954. The topological polar surface area (TPSA) is 86.5 Å². The number of nitrogens with zero attached hydrogens (tertiary/aromatic N) is 2. The predicted molar refractivity (Wildman–Crippen MR) is 70.7 cm³/mol. The Morgan fingerprint density at radius 2 is 2.26 bits per heavy atom. The number of fused-ring (bicyclic) bond motifs is 1. The molecule has 1 aromatic carbocycles. The van der Waals surface area contributed by atoms with Crippen molar-refractivity contribution in [1.82, 2.24) is 25.5 Å². The van der Waals surface area contributed by atoms with E-state index in [1.54, 1.807) is 0 Å². The molecule has 0 aliphatic carbocycles. The molecule has 0 saturated carbocycles. The maximum absolute atomic E-state index is 12.0. The average Bonchev–Trinajstić information content (AvgIpc) is 3.08. The van der Waals surface area contributed by atoms with Crippen LogP contribution in [0.2, 0.25) is 0 Å². The highest BCUT2D eigenvalue weighted by Crippen LogP contribution is 2.14. The summed E-state index contributed by atoms with van der Waals surface area (Å²) < 4.78 is 0. The van der Waals surface area contributed by atoms with Gasteiger partial charge in [0.25, 0.3) is 5.91 Å². The minimum Gasteiger partial charge on any atom is -0.361 e. The molecule has 0 unspecified atom stereocenters. The van der Waals surface area contributed by atoms with Crippen LogP contribution in [0.1, 0.15) is 16.2 Å². The first-order valence-corrected chi connectivity index (χ1v) is 6.02. The van der Waals surface area contributed by atoms with Gasteiger partial charge in [0.2, 0.25) is 0 Å². The quantitative estimate of drug-likeness (QED) is 0.656. The van der Waals surface area contributed by atoms with E-state index in [0.29, 0.717) is 18.5 Å². The summed E-state index contributed by atoms with van der Waals surface area (Å²) in [6.07, 6.45) is 3.95. The summed E-state index contributed by atoms with van der Waals surface area (Å²) in [7, 11) is 0. The van der Waals surface area contributed by atoms with Crippen LogP contribution in [0, 0.1) is 0 Å². The summed E-state index contributed by atoms with van der Waals surface area (Å²) in [6.45, 7) is 0.527. The second kappa shape index (κ2) is 4.93. The summed E-state index contributed by atoms with van der Waals surface area (Å²) in [4.78, 5) is 19.1. The maximum atomic E-state index is 12.0. The normalized spacial score (nSPS) is 10.7. The van der Waals surface area contributed by atoms with Crippen molar-refractivity contribution in [2.75, 3.05) is 6.54 Å². The first-order valence-electron chi connectivity index (χ1n) is 6.02. The zero-order valence-corrected chi connectivity index (χ0v) is 10.2. The van der Waals surface area contributed by atoms with Gasteiger partial charge in [-0.1, -0.05) is 0 Å². The first kappa shape index (κ1) is 11.5. The Labute approximate surface area is 109 Å². The number of aromatic nitrogens is 4. The number of nitrogens with one attached hydrogen (secondary N) is 3. The van der Waals surface area contributed by atoms with E-state index in [9.17, 15) is 4.79 Å². The Hall–Kier alpha value is -2.63. The van der Waals surface area contributed by atoms with Crippen molar-refractivity contribution in [3.63, 3.8) is 0 Å². The SMILES string of the molecule is O=C(NCCc1ncn[nH]1)c1ccc2[nH]ccc2c1. The summed E-state index contributed by atoms with van der Waals surface area (Å²) in [5.41, 5.74) is 1.68. The van der Waals surface area contributed by atoms with Crippen LogP contribution in [0.25, 0.3) is 10.9 Å². The van der Waals surface area contributed by atoms with E-state index in [-0.39, 0.29) is 5.91 Å². The minimum atomic E-state index is -0.0809. The fourth-order valence-corrected chi connectivity index (χ4v) is 1.94. The molecule has 0 atom stereocenters. The molecule has 0 aliphatic rings. The largest absolute Gasteiger partial charge is 0.361 e. The van der Waals surface area contributed by atoms with E-state index in [0.717, 1.165) is 16.7 Å². The van der Waals surface area contributed by atoms with Crippen molar-refractivity contribution >= 4 is 16.8 Å². The number of rotatable bonds is 4. The van der Waals surface area contributed by atoms with Crippen molar-refractivity contribution in [2.24, 2.45) is 0 Å². The summed E-state index contributed by atoms with van der Waals surface area (Å²) in [6, 6.07) is 7.53. The highest BCUT2D eigenvalue weighted by molar-refractivity contribution is 5.98. The molecule has 1 amide bonds. The summed E-state index contributed by atoms with van der Waals surface area (Å²) in [5.74, 6) is 0.684. The van der Waals surface area contributed by atoms with Crippen LogP contribution in [0.4, 0.5) is 0 Å². The van der Waals surface area contributed by atoms with Crippen molar-refractivity contribution in [2.45, 2.75) is 6.42 Å². The molecule has 3 aromatic rings. The molecule has 2 aromatic heterocycles. The Kier molecular flexibility index (Phi) is 2.97. The average molecular weight is 255 g/mol. The van der Waals surface area contributed by atoms with E-state index in [4.69, 9.17) is 0 Å². The zero-order chi connectivity index (χ0) is 13.1. The molecule has 2 heterocycles. The molecule has 0 spiro atoms. The maximum Gasteiger partial charge on any atom is 0.251 e. The summed E-state index contributed by atoms with van der Waals surface area (Å²) >= 11 is 0. The molecule has 0 aliphatic heterocycles. The second-order valence-corrected chi connectivity index (χ2v) is 4.22. The van der Waals surface area contributed by atoms with Crippen LogP contribution in [0.3, 0.4) is 0 Å². The number of carbonyl (C=O) groups excluding carboxylic acids is 1. The zero-order valence-electron chi connectivity index (χ0n) is 10.2. The fraction of sp³-hybridized carbons (Fsp3) is 0.154. The van der Waals surface area contributed by atoms with Gasteiger partial charge in [-0.3, -0.25) is 9.89 Å². The monoisotopic (exact) mass is 255 g/mol. The standard InChI is InChI=1S/C13H13N5O/c19-13(15-6-4-12-16-8-17-18-12)10-1-2-11-9(7-10)3-5-14-11/h1-3,5,7-8,14H,4,6H2,(H,15,19)(H,16,17,18). The fourth-order valence-electron chi connectivity index (χ4n) is 1.94. The van der Waals surface area contributed by atoms with Gasteiger partial charge < -0.3 is 10.3 Å². The van der Waals surface area contributed by atoms with E-state index >= 15 is 0 Å². The van der Waals surface area contributed by atoms with Gasteiger partial charge in [0.1, 0.15) is 12.2 Å². The molecule has 0 fully saturated rings. The number of amides is 1. The number of carbonyl (C=O) groups is 1. The van der Waals surface area contributed by atoms with Gasteiger partial charge >= 0.3 is 0 Å². The Bertz CT molecular complexity index is 686. The van der Waals surface area contributed by atoms with Crippen molar-refractivity contribution in [1.29, 1.82) is 0 Å². The summed E-state index contributed by atoms with van der Waals surface area (Å²) in [5, 5.41) is 10.4. The Balaban J connectivity index is 1.63. The molecule has 3 N–H and O–H groups in total. The van der Waals surface area contributed by atoms with Crippen molar-refractivity contribution in [3.8, 4) is 0 Å². The lowest BCUT2D eigenvalue weighted by atomic mass is 10.1. The van der Waals surface area contributed by atoms with E-state index < -0.39 is 0 Å². The molecule has 0 radical (unpaired) electrons. The third kappa shape index (κ3) is 2.47. The lowest BCUT2D eigenvalue weighted by Gasteiger charge is -2.04. The molecular weight excluding hydrogens is 242 g/mol. The lowest BCUT2D eigenvalue weighted by Crippen LogP contribution is -2.25. The highest BCUT2D eigenvalue weighted by Gasteiger charge is 2.06. The van der Waals surface area contributed by atoms with E-state index in [1.807, 2.05) is 30.5 Å². The van der Waals surface area contributed by atoms with Crippen LogP contribution >= 0.6 is 0 Å². The van der Waals surface area contributed by atoms with Crippen molar-refractivity contribution < 1.29 is 4.79 Å². The van der Waals surface area contributed by atoms with Gasteiger partial charge in [-0.2, -0.15) is 5.10 Å². The van der Waals surface area contributed by atoms with E-state index in [1.165, 1.54) is 6.33 Å². The molecular formula is C13H13N5O. The number of aromatic amines is 2. The number of hydrogen-bond acceptors (Lipinski definition) is 3. The van der Waals surface area contributed by atoms with Gasteiger partial charge in [0.05, 0.1) is 0 Å². The third-order valence-electron chi connectivity index (χ3n) is 2.93. The molecule has 6 heteroatoms. The van der Waals surface area contributed by atoms with Gasteiger partial charge in [-0.05, 0) is 24.3 Å². The van der Waals surface area contributed by atoms with Gasteiger partial charge in [-0.15, -0.1) is 0 Å². The number of hydrogen-bond donors (Lipinski definition) is 3. The minimum absolute atomic E-state index is 0.0809. The Morgan fingerprint density at radius 1 is 1.32 bits per heavy atom. The molecule has 0 bridgehead atoms. The van der Waals surface area contributed by atoms with Crippen LogP contribution in [0.5, 0.6) is 0 Å². The van der Waals surface area contributed by atoms with Crippen LogP contribution in [-0.4, -0.2) is 32.6 Å². The van der Waals surface area contributed by atoms with Gasteiger partial charge in [0, 0.05) is 35.6 Å². The smallest absolute Gasteiger partial charge is 0.251 e. The van der Waals surface area contributed by atoms with Crippen molar-refractivity contribution in [3.05, 3.63) is 48.2 Å². The van der Waals surface area contributed by atoms with Gasteiger partial charge in [-0.25, -0.2) is 4.98 Å². The van der Waals surface area contributed by atoms with E-state index in [2.05, 4.69) is 25.5 Å². The molecule has 6 nitrogen and oxygen atoms in total. The second-order valence-electron chi connectivity index (χ2n) is 4.22. The first-order chi connectivity index (χ1) is 9.33. The molecule has 0 saturated heterocycles. The molecule has 19 heavy (non-hydrogen) atoms. The number of benzene rings is 1. The van der Waals surface area contributed by atoms with Gasteiger partial charge in [0.15, 0.2) is 0 Å². The van der Waals surface area contributed by atoms with Crippen LogP contribution < -0.4 is 5.32 Å². The Morgan fingerprint density at radius 3 is 3.11 bits per heavy atom. The highest BCUT2D eigenvalue weighted by atomic mass is 16.1. The van der Waals surface area contributed by atoms with Crippen LogP contribution in [0.15, 0.2) is 36.8 Å². The third-order valence-corrected chi connectivity index (χ3v) is 2.93. The van der Waals surface area contributed by atoms with Crippen LogP contribution in [-0.2, 0) is 6.42 Å². The molecule has 3 rings (SSSR count).